The Morgan fingerprint density at radius 2 is 1.58 bits per heavy atom. The SMILES string of the molecule is CCCCCCCc1ccc(C#Cc2ccc3cc(C4CCC(C)CC4)ccc3c2F)cc1. The van der Waals surface area contributed by atoms with Crippen LogP contribution in [0.5, 0.6) is 0 Å². The number of halogens is 1. The number of aryl methyl sites for hydroxylation is 1. The molecular weight excluding hydrogens is 403 g/mol. The van der Waals surface area contributed by atoms with Gasteiger partial charge in [-0.15, -0.1) is 0 Å². The zero-order valence-electron chi connectivity index (χ0n) is 20.3. The summed E-state index contributed by atoms with van der Waals surface area (Å²) < 4.78 is 15.2. The van der Waals surface area contributed by atoms with Crippen LogP contribution in [0.3, 0.4) is 0 Å². The zero-order valence-corrected chi connectivity index (χ0v) is 20.3. The van der Waals surface area contributed by atoms with Crippen LogP contribution in [-0.2, 0) is 6.42 Å². The van der Waals surface area contributed by atoms with Crippen LogP contribution in [0.15, 0.2) is 54.6 Å². The normalized spacial score (nSPS) is 18.2. The molecule has 4 rings (SSSR count). The van der Waals surface area contributed by atoms with Crippen molar-refractivity contribution in [3.05, 3.63) is 82.7 Å². The molecule has 3 aromatic carbocycles. The van der Waals surface area contributed by atoms with Crippen molar-refractivity contribution in [2.75, 3.05) is 0 Å². The second kappa shape index (κ2) is 11.5. The van der Waals surface area contributed by atoms with Gasteiger partial charge in [-0.25, -0.2) is 4.39 Å². The molecule has 0 radical (unpaired) electrons. The van der Waals surface area contributed by atoms with Crippen LogP contribution in [0.4, 0.5) is 4.39 Å². The van der Waals surface area contributed by atoms with Gasteiger partial charge in [-0.05, 0) is 72.2 Å². The smallest absolute Gasteiger partial charge is 0.146 e. The predicted octanol–water partition coefficient (Wildman–Crippen LogP) is 9.19. The van der Waals surface area contributed by atoms with E-state index in [0.717, 1.165) is 23.3 Å². The van der Waals surface area contributed by atoms with Gasteiger partial charge in [-0.1, -0.05) is 101 Å². The van der Waals surface area contributed by atoms with Gasteiger partial charge in [-0.2, -0.15) is 0 Å². The standard InChI is InChI=1S/C32H37F/c1-3-4-5-6-7-8-25-11-13-26(14-12-25)15-18-28-19-20-30-23-29(21-22-31(30)32(28)33)27-16-9-24(2)10-17-27/h11-14,19-24,27H,3-10,16-17H2,1-2H3. The van der Waals surface area contributed by atoms with E-state index in [1.165, 1.54) is 68.9 Å². The number of hydrogen-bond donors (Lipinski definition) is 0. The molecule has 0 heterocycles. The fraction of sp³-hybridized carbons (Fsp3) is 0.438. The fourth-order valence-electron chi connectivity index (χ4n) is 5.08. The van der Waals surface area contributed by atoms with E-state index in [0.29, 0.717) is 16.9 Å². The average Bonchev–Trinajstić information content (AvgIpc) is 2.84. The third-order valence-electron chi connectivity index (χ3n) is 7.33. The molecular formula is C32H37F. The molecule has 1 aliphatic carbocycles. The summed E-state index contributed by atoms with van der Waals surface area (Å²) in [7, 11) is 0. The lowest BCUT2D eigenvalue weighted by atomic mass is 9.79. The molecule has 33 heavy (non-hydrogen) atoms. The van der Waals surface area contributed by atoms with E-state index in [-0.39, 0.29) is 5.82 Å². The molecule has 1 saturated carbocycles. The molecule has 0 aliphatic heterocycles. The summed E-state index contributed by atoms with van der Waals surface area (Å²) in [6.45, 7) is 4.59. The summed E-state index contributed by atoms with van der Waals surface area (Å²) in [4.78, 5) is 0. The Morgan fingerprint density at radius 1 is 0.818 bits per heavy atom. The Morgan fingerprint density at radius 3 is 2.33 bits per heavy atom. The van der Waals surface area contributed by atoms with E-state index in [9.17, 15) is 0 Å². The lowest BCUT2D eigenvalue weighted by Crippen LogP contribution is -2.10. The molecule has 1 heteroatoms. The largest absolute Gasteiger partial charge is 0.205 e. The summed E-state index contributed by atoms with van der Waals surface area (Å²) in [6.07, 6.45) is 12.7. The van der Waals surface area contributed by atoms with Crippen LogP contribution in [-0.4, -0.2) is 0 Å². The topological polar surface area (TPSA) is 0 Å². The molecule has 0 unspecified atom stereocenters. The Kier molecular flexibility index (Phi) is 8.22. The maximum Gasteiger partial charge on any atom is 0.146 e. The van der Waals surface area contributed by atoms with Gasteiger partial charge in [0, 0.05) is 10.9 Å². The van der Waals surface area contributed by atoms with Gasteiger partial charge in [0.15, 0.2) is 0 Å². The van der Waals surface area contributed by atoms with Crippen molar-refractivity contribution < 1.29 is 4.39 Å². The van der Waals surface area contributed by atoms with Crippen LogP contribution in [0.1, 0.15) is 99.8 Å². The van der Waals surface area contributed by atoms with Crippen LogP contribution in [0.25, 0.3) is 10.8 Å². The minimum Gasteiger partial charge on any atom is -0.205 e. The molecule has 0 N–H and O–H groups in total. The van der Waals surface area contributed by atoms with Crippen LogP contribution >= 0.6 is 0 Å². The van der Waals surface area contributed by atoms with Crippen LogP contribution in [0, 0.1) is 23.6 Å². The van der Waals surface area contributed by atoms with Gasteiger partial charge < -0.3 is 0 Å². The van der Waals surface area contributed by atoms with Gasteiger partial charge in [0.2, 0.25) is 0 Å². The molecule has 172 valence electrons. The number of unbranched alkanes of at least 4 members (excludes halogenated alkanes) is 4. The van der Waals surface area contributed by atoms with Gasteiger partial charge >= 0.3 is 0 Å². The second-order valence-electron chi connectivity index (χ2n) is 9.98. The van der Waals surface area contributed by atoms with Crippen molar-refractivity contribution in [1.29, 1.82) is 0 Å². The van der Waals surface area contributed by atoms with Crippen molar-refractivity contribution in [3.63, 3.8) is 0 Å². The molecule has 0 saturated heterocycles. The highest BCUT2D eigenvalue weighted by Gasteiger charge is 2.20. The summed E-state index contributed by atoms with van der Waals surface area (Å²) in [5, 5.41) is 1.66. The first-order chi connectivity index (χ1) is 16.1. The number of hydrogen-bond acceptors (Lipinski definition) is 0. The average molecular weight is 441 g/mol. The minimum atomic E-state index is -0.201. The van der Waals surface area contributed by atoms with Crippen molar-refractivity contribution in [1.82, 2.24) is 0 Å². The lowest BCUT2D eigenvalue weighted by molar-refractivity contribution is 0.348. The molecule has 3 aromatic rings. The van der Waals surface area contributed by atoms with Gasteiger partial charge in [0.05, 0.1) is 5.56 Å². The van der Waals surface area contributed by atoms with Crippen molar-refractivity contribution in [2.24, 2.45) is 5.92 Å². The third kappa shape index (κ3) is 6.26. The number of rotatable bonds is 7. The highest BCUT2D eigenvalue weighted by molar-refractivity contribution is 5.85. The minimum absolute atomic E-state index is 0.201. The quantitative estimate of drug-likeness (QED) is 0.254. The predicted molar refractivity (Wildman–Crippen MR) is 139 cm³/mol. The lowest BCUT2D eigenvalue weighted by Gasteiger charge is -2.26. The van der Waals surface area contributed by atoms with Crippen molar-refractivity contribution >= 4 is 10.8 Å². The first-order valence-electron chi connectivity index (χ1n) is 13.0. The maximum absolute atomic E-state index is 15.2. The Hall–Kier alpha value is -2.59. The van der Waals surface area contributed by atoms with E-state index in [4.69, 9.17) is 0 Å². The number of benzene rings is 3. The van der Waals surface area contributed by atoms with E-state index in [1.54, 1.807) is 0 Å². The van der Waals surface area contributed by atoms with Crippen molar-refractivity contribution in [2.45, 2.75) is 84.0 Å². The molecule has 0 bridgehead atoms. The molecule has 1 aliphatic rings. The van der Waals surface area contributed by atoms with Crippen LogP contribution in [0.2, 0.25) is 0 Å². The summed E-state index contributed by atoms with van der Waals surface area (Å²) >= 11 is 0. The highest BCUT2D eigenvalue weighted by Crippen LogP contribution is 2.36. The second-order valence-corrected chi connectivity index (χ2v) is 9.98. The first-order valence-corrected chi connectivity index (χ1v) is 13.0. The van der Waals surface area contributed by atoms with Gasteiger partial charge in [-0.3, -0.25) is 0 Å². The van der Waals surface area contributed by atoms with E-state index in [2.05, 4.69) is 62.1 Å². The fourth-order valence-corrected chi connectivity index (χ4v) is 5.08. The highest BCUT2D eigenvalue weighted by atomic mass is 19.1. The Balaban J connectivity index is 1.43. The van der Waals surface area contributed by atoms with E-state index >= 15 is 4.39 Å². The maximum atomic E-state index is 15.2. The first kappa shape index (κ1) is 23.6. The monoisotopic (exact) mass is 440 g/mol. The van der Waals surface area contributed by atoms with E-state index < -0.39 is 0 Å². The van der Waals surface area contributed by atoms with Gasteiger partial charge in [0.25, 0.3) is 0 Å². The van der Waals surface area contributed by atoms with Gasteiger partial charge in [0.1, 0.15) is 5.82 Å². The molecule has 0 amide bonds. The summed E-state index contributed by atoms with van der Waals surface area (Å²) in [5.41, 5.74) is 4.13. The third-order valence-corrected chi connectivity index (χ3v) is 7.33. The van der Waals surface area contributed by atoms with E-state index in [1.807, 2.05) is 18.2 Å². The Labute approximate surface area is 199 Å². The molecule has 0 spiro atoms. The molecule has 0 nitrogen and oxygen atoms in total. The number of fused-ring (bicyclic) bond motifs is 1. The molecule has 0 atom stereocenters. The Bertz CT molecular complexity index is 1100. The molecule has 1 fully saturated rings. The summed E-state index contributed by atoms with van der Waals surface area (Å²) in [5.74, 6) is 7.48. The van der Waals surface area contributed by atoms with Crippen molar-refractivity contribution in [3.8, 4) is 11.8 Å². The summed E-state index contributed by atoms with van der Waals surface area (Å²) in [6, 6.07) is 18.6. The van der Waals surface area contributed by atoms with Crippen LogP contribution < -0.4 is 0 Å². The molecule has 0 aromatic heterocycles. The zero-order chi connectivity index (χ0) is 23.0.